The van der Waals surface area contributed by atoms with E-state index in [-0.39, 0.29) is 6.42 Å². The summed E-state index contributed by atoms with van der Waals surface area (Å²) in [5, 5.41) is 11.8. The summed E-state index contributed by atoms with van der Waals surface area (Å²) < 4.78 is 0. The summed E-state index contributed by atoms with van der Waals surface area (Å²) in [4.78, 5) is 10.4. The Morgan fingerprint density at radius 1 is 1.16 bits per heavy atom. The Kier molecular flexibility index (Phi) is 5.40. The summed E-state index contributed by atoms with van der Waals surface area (Å²) in [7, 11) is 0. The molecule has 1 aliphatic rings. The summed E-state index contributed by atoms with van der Waals surface area (Å²) in [5.41, 5.74) is 1.47. The zero-order chi connectivity index (χ0) is 13.5. The second kappa shape index (κ2) is 7.29. The van der Waals surface area contributed by atoms with E-state index in [0.29, 0.717) is 12.5 Å². The number of carboxylic acids is 1. The van der Waals surface area contributed by atoms with E-state index < -0.39 is 5.97 Å². The average molecular weight is 261 g/mol. The van der Waals surface area contributed by atoms with Crippen LogP contribution in [0.5, 0.6) is 0 Å². The molecule has 0 bridgehead atoms. The Bertz CT molecular complexity index is 383. The van der Waals surface area contributed by atoms with Crippen molar-refractivity contribution < 1.29 is 9.90 Å². The predicted molar refractivity (Wildman–Crippen MR) is 76.3 cm³/mol. The Balaban J connectivity index is 1.67. The van der Waals surface area contributed by atoms with E-state index in [9.17, 15) is 4.79 Å². The quantitative estimate of drug-likeness (QED) is 0.774. The second-order valence-corrected chi connectivity index (χ2v) is 5.48. The van der Waals surface area contributed by atoms with E-state index >= 15 is 0 Å². The molecule has 0 saturated heterocycles. The van der Waals surface area contributed by atoms with Gasteiger partial charge in [0.2, 0.25) is 0 Å². The van der Waals surface area contributed by atoms with Crippen LogP contribution in [0.25, 0.3) is 0 Å². The summed E-state index contributed by atoms with van der Waals surface area (Å²) in [5.74, 6) is 0.713. The SMILES string of the molecule is O=C(O)CCNCC1CCC(c2ccccc2)CC1. The summed E-state index contributed by atoms with van der Waals surface area (Å²) >= 11 is 0. The molecule has 1 fully saturated rings. The highest BCUT2D eigenvalue weighted by molar-refractivity contribution is 5.66. The number of carboxylic acid groups (broad SMARTS) is 1. The standard InChI is InChI=1S/C16H23NO2/c18-16(19)10-11-17-12-13-6-8-15(9-7-13)14-4-2-1-3-5-14/h1-5,13,15,17H,6-12H2,(H,18,19). The number of hydrogen-bond acceptors (Lipinski definition) is 2. The number of nitrogens with one attached hydrogen (secondary N) is 1. The molecule has 2 N–H and O–H groups in total. The van der Waals surface area contributed by atoms with Crippen LogP contribution in [0.15, 0.2) is 30.3 Å². The van der Waals surface area contributed by atoms with Crippen LogP contribution < -0.4 is 5.32 Å². The normalized spacial score (nSPS) is 23.2. The van der Waals surface area contributed by atoms with E-state index in [1.54, 1.807) is 0 Å². The molecule has 2 rings (SSSR count). The molecule has 0 aromatic heterocycles. The van der Waals surface area contributed by atoms with Crippen LogP contribution in [0.3, 0.4) is 0 Å². The summed E-state index contributed by atoms with van der Waals surface area (Å²) in [6.07, 6.45) is 5.24. The van der Waals surface area contributed by atoms with Crippen molar-refractivity contribution >= 4 is 5.97 Å². The van der Waals surface area contributed by atoms with E-state index in [0.717, 1.165) is 12.5 Å². The zero-order valence-electron chi connectivity index (χ0n) is 11.3. The van der Waals surface area contributed by atoms with Crippen LogP contribution in [-0.4, -0.2) is 24.2 Å². The first-order valence-corrected chi connectivity index (χ1v) is 7.23. The van der Waals surface area contributed by atoms with Crippen molar-refractivity contribution in [3.8, 4) is 0 Å². The van der Waals surface area contributed by atoms with Crippen molar-refractivity contribution in [2.24, 2.45) is 5.92 Å². The van der Waals surface area contributed by atoms with Gasteiger partial charge in [-0.3, -0.25) is 4.79 Å². The summed E-state index contributed by atoms with van der Waals surface area (Å²) in [6.45, 7) is 1.56. The number of hydrogen-bond donors (Lipinski definition) is 2. The van der Waals surface area contributed by atoms with Gasteiger partial charge in [0.25, 0.3) is 0 Å². The molecule has 3 heteroatoms. The zero-order valence-corrected chi connectivity index (χ0v) is 11.3. The van der Waals surface area contributed by atoms with Crippen LogP contribution in [0.1, 0.15) is 43.6 Å². The molecule has 19 heavy (non-hydrogen) atoms. The van der Waals surface area contributed by atoms with Gasteiger partial charge in [-0.25, -0.2) is 0 Å². The Hall–Kier alpha value is -1.35. The second-order valence-electron chi connectivity index (χ2n) is 5.48. The van der Waals surface area contributed by atoms with E-state index in [2.05, 4.69) is 35.6 Å². The highest BCUT2D eigenvalue weighted by Crippen LogP contribution is 2.35. The minimum Gasteiger partial charge on any atom is -0.481 e. The molecule has 1 saturated carbocycles. The maximum absolute atomic E-state index is 10.4. The Morgan fingerprint density at radius 2 is 1.84 bits per heavy atom. The molecule has 1 aromatic rings. The maximum Gasteiger partial charge on any atom is 0.304 e. The van der Waals surface area contributed by atoms with Crippen LogP contribution in [0.2, 0.25) is 0 Å². The number of benzene rings is 1. The summed E-state index contributed by atoms with van der Waals surface area (Å²) in [6, 6.07) is 10.8. The van der Waals surface area contributed by atoms with Gasteiger partial charge in [0.1, 0.15) is 0 Å². The van der Waals surface area contributed by atoms with Crippen molar-refractivity contribution in [1.82, 2.24) is 5.32 Å². The number of carbonyl (C=O) groups is 1. The lowest BCUT2D eigenvalue weighted by Gasteiger charge is -2.29. The van der Waals surface area contributed by atoms with Crippen molar-refractivity contribution in [2.45, 2.75) is 38.0 Å². The van der Waals surface area contributed by atoms with Crippen molar-refractivity contribution in [3.63, 3.8) is 0 Å². The van der Waals surface area contributed by atoms with Gasteiger partial charge in [-0.1, -0.05) is 30.3 Å². The lowest BCUT2D eigenvalue weighted by molar-refractivity contribution is -0.136. The molecule has 0 heterocycles. The molecule has 0 unspecified atom stereocenters. The third-order valence-corrected chi connectivity index (χ3v) is 4.07. The fourth-order valence-electron chi connectivity index (χ4n) is 2.93. The fraction of sp³-hybridized carbons (Fsp3) is 0.562. The predicted octanol–water partition coefficient (Wildman–Crippen LogP) is 3.02. The van der Waals surface area contributed by atoms with Crippen LogP contribution in [0.4, 0.5) is 0 Å². The average Bonchev–Trinajstić information content (AvgIpc) is 2.45. The molecule has 3 nitrogen and oxygen atoms in total. The van der Waals surface area contributed by atoms with E-state index in [1.165, 1.54) is 31.2 Å². The molecule has 1 aliphatic carbocycles. The molecule has 0 amide bonds. The molecule has 0 atom stereocenters. The van der Waals surface area contributed by atoms with E-state index in [4.69, 9.17) is 5.11 Å². The Labute approximate surface area is 115 Å². The first-order chi connectivity index (χ1) is 9.25. The van der Waals surface area contributed by atoms with Crippen molar-refractivity contribution in [3.05, 3.63) is 35.9 Å². The van der Waals surface area contributed by atoms with Crippen molar-refractivity contribution in [1.29, 1.82) is 0 Å². The smallest absolute Gasteiger partial charge is 0.304 e. The Morgan fingerprint density at radius 3 is 2.47 bits per heavy atom. The van der Waals surface area contributed by atoms with Gasteiger partial charge in [-0.15, -0.1) is 0 Å². The first kappa shape index (κ1) is 14.1. The fourth-order valence-corrected chi connectivity index (χ4v) is 2.93. The molecule has 0 spiro atoms. The first-order valence-electron chi connectivity index (χ1n) is 7.23. The van der Waals surface area contributed by atoms with Crippen molar-refractivity contribution in [2.75, 3.05) is 13.1 Å². The lowest BCUT2D eigenvalue weighted by atomic mass is 9.79. The highest BCUT2D eigenvalue weighted by atomic mass is 16.4. The number of aliphatic carboxylic acids is 1. The third-order valence-electron chi connectivity index (χ3n) is 4.07. The van der Waals surface area contributed by atoms with Gasteiger partial charge < -0.3 is 10.4 Å². The monoisotopic (exact) mass is 261 g/mol. The minimum absolute atomic E-state index is 0.222. The molecule has 1 aromatic carbocycles. The van der Waals surface area contributed by atoms with Gasteiger partial charge >= 0.3 is 5.97 Å². The molecular weight excluding hydrogens is 238 g/mol. The minimum atomic E-state index is -0.722. The van der Waals surface area contributed by atoms with Crippen LogP contribution in [-0.2, 0) is 4.79 Å². The lowest BCUT2D eigenvalue weighted by Crippen LogP contribution is -2.27. The van der Waals surface area contributed by atoms with Gasteiger partial charge in [0.15, 0.2) is 0 Å². The van der Waals surface area contributed by atoms with Gasteiger partial charge in [0.05, 0.1) is 6.42 Å². The molecule has 104 valence electrons. The number of rotatable bonds is 6. The topological polar surface area (TPSA) is 49.3 Å². The van der Waals surface area contributed by atoms with Gasteiger partial charge in [-0.05, 0) is 49.6 Å². The van der Waals surface area contributed by atoms with Gasteiger partial charge in [-0.2, -0.15) is 0 Å². The highest BCUT2D eigenvalue weighted by Gasteiger charge is 2.21. The van der Waals surface area contributed by atoms with Gasteiger partial charge in [0, 0.05) is 6.54 Å². The largest absolute Gasteiger partial charge is 0.481 e. The molecule has 0 radical (unpaired) electrons. The molecule has 0 aliphatic heterocycles. The molecular formula is C16H23NO2. The van der Waals surface area contributed by atoms with Crippen LogP contribution in [0, 0.1) is 5.92 Å². The van der Waals surface area contributed by atoms with Crippen LogP contribution >= 0.6 is 0 Å². The van der Waals surface area contributed by atoms with E-state index in [1.807, 2.05) is 0 Å². The maximum atomic E-state index is 10.4. The third kappa shape index (κ3) is 4.67.